The number of aliphatic imine (C=N–C) groups is 1. The fraction of sp³-hybridized carbons (Fsp3) is 0.278. The van der Waals surface area contributed by atoms with Crippen LogP contribution in [0.15, 0.2) is 35.3 Å². The standard InChI is InChI=1S/C18H17Cl2NO3/c1-22-17-5-11-3-4-21-16(15(11)9-18(17)23-2)10-24-14-7-12(19)6-13(20)8-14/h5-9H,3-4,10H2,1-2H3. The van der Waals surface area contributed by atoms with Gasteiger partial charge < -0.3 is 14.2 Å². The lowest BCUT2D eigenvalue weighted by Gasteiger charge is -2.20. The van der Waals surface area contributed by atoms with Gasteiger partial charge in [0.05, 0.1) is 19.9 Å². The molecule has 0 aliphatic carbocycles. The molecule has 3 rings (SSSR count). The minimum absolute atomic E-state index is 0.332. The van der Waals surface area contributed by atoms with E-state index in [-0.39, 0.29) is 0 Å². The quantitative estimate of drug-likeness (QED) is 0.786. The van der Waals surface area contributed by atoms with Crippen molar-refractivity contribution in [2.75, 3.05) is 27.4 Å². The summed E-state index contributed by atoms with van der Waals surface area (Å²) in [5.74, 6) is 2.01. The second-order valence-corrected chi connectivity index (χ2v) is 6.21. The maximum absolute atomic E-state index is 6.00. The van der Waals surface area contributed by atoms with Gasteiger partial charge in [0.15, 0.2) is 11.5 Å². The van der Waals surface area contributed by atoms with Gasteiger partial charge in [0.25, 0.3) is 0 Å². The lowest BCUT2D eigenvalue weighted by atomic mass is 9.97. The van der Waals surface area contributed by atoms with E-state index in [1.54, 1.807) is 32.4 Å². The van der Waals surface area contributed by atoms with Gasteiger partial charge in [-0.3, -0.25) is 4.99 Å². The zero-order valence-corrected chi connectivity index (χ0v) is 14.9. The van der Waals surface area contributed by atoms with Gasteiger partial charge in [-0.2, -0.15) is 0 Å². The van der Waals surface area contributed by atoms with Crippen LogP contribution in [0.4, 0.5) is 0 Å². The fourth-order valence-corrected chi connectivity index (χ4v) is 3.19. The minimum Gasteiger partial charge on any atom is -0.493 e. The third kappa shape index (κ3) is 3.60. The smallest absolute Gasteiger partial charge is 0.161 e. The zero-order chi connectivity index (χ0) is 17.1. The van der Waals surface area contributed by atoms with Gasteiger partial charge in [-0.25, -0.2) is 0 Å². The predicted octanol–water partition coefficient (Wildman–Crippen LogP) is 4.43. The van der Waals surface area contributed by atoms with Crippen molar-refractivity contribution in [2.24, 2.45) is 4.99 Å². The molecule has 0 amide bonds. The van der Waals surface area contributed by atoms with Crippen LogP contribution in [0.2, 0.25) is 10.0 Å². The average Bonchev–Trinajstić information content (AvgIpc) is 2.57. The van der Waals surface area contributed by atoms with Crippen LogP contribution in [0.25, 0.3) is 0 Å². The molecule has 0 N–H and O–H groups in total. The number of halogens is 2. The first-order valence-electron chi connectivity index (χ1n) is 7.48. The van der Waals surface area contributed by atoms with Crippen molar-refractivity contribution >= 4 is 28.9 Å². The Labute approximate surface area is 151 Å². The van der Waals surface area contributed by atoms with E-state index in [0.717, 1.165) is 30.0 Å². The highest BCUT2D eigenvalue weighted by atomic mass is 35.5. The van der Waals surface area contributed by atoms with Crippen LogP contribution in [0.1, 0.15) is 11.1 Å². The normalized spacial score (nSPS) is 13.1. The summed E-state index contributed by atoms with van der Waals surface area (Å²) in [5.41, 5.74) is 3.06. The van der Waals surface area contributed by atoms with E-state index in [9.17, 15) is 0 Å². The van der Waals surface area contributed by atoms with Gasteiger partial charge in [-0.05, 0) is 42.3 Å². The number of nitrogens with zero attached hydrogens (tertiary/aromatic N) is 1. The molecular weight excluding hydrogens is 349 g/mol. The van der Waals surface area contributed by atoms with E-state index < -0.39 is 0 Å². The SMILES string of the molecule is COc1cc2c(cc1OC)C(COc1cc(Cl)cc(Cl)c1)=NCC2. The Hall–Kier alpha value is -1.91. The van der Waals surface area contributed by atoms with Gasteiger partial charge in [0, 0.05) is 22.2 Å². The highest BCUT2D eigenvalue weighted by Crippen LogP contribution is 2.33. The first-order chi connectivity index (χ1) is 11.6. The Kier molecular flexibility index (Phi) is 5.17. The van der Waals surface area contributed by atoms with Crippen LogP contribution in [0.5, 0.6) is 17.2 Å². The van der Waals surface area contributed by atoms with Crippen LogP contribution in [-0.2, 0) is 6.42 Å². The van der Waals surface area contributed by atoms with Crippen molar-refractivity contribution in [2.45, 2.75) is 6.42 Å². The highest BCUT2D eigenvalue weighted by molar-refractivity contribution is 6.34. The molecule has 1 aliphatic heterocycles. The molecule has 0 bridgehead atoms. The molecule has 24 heavy (non-hydrogen) atoms. The molecule has 2 aromatic carbocycles. The van der Waals surface area contributed by atoms with Crippen molar-refractivity contribution in [1.82, 2.24) is 0 Å². The van der Waals surface area contributed by atoms with Gasteiger partial charge in [0.2, 0.25) is 0 Å². The Bertz CT molecular complexity index is 770. The van der Waals surface area contributed by atoms with E-state index in [1.165, 1.54) is 5.56 Å². The molecule has 1 aliphatic rings. The maximum Gasteiger partial charge on any atom is 0.161 e. The van der Waals surface area contributed by atoms with Crippen molar-refractivity contribution in [1.29, 1.82) is 0 Å². The molecule has 0 saturated carbocycles. The average molecular weight is 366 g/mol. The van der Waals surface area contributed by atoms with Crippen LogP contribution < -0.4 is 14.2 Å². The molecule has 0 spiro atoms. The highest BCUT2D eigenvalue weighted by Gasteiger charge is 2.19. The Balaban J connectivity index is 1.84. The Morgan fingerprint density at radius 1 is 0.958 bits per heavy atom. The molecule has 1 heterocycles. The van der Waals surface area contributed by atoms with E-state index in [1.807, 2.05) is 12.1 Å². The molecule has 0 saturated heterocycles. The van der Waals surface area contributed by atoms with Crippen molar-refractivity contribution in [3.05, 3.63) is 51.5 Å². The number of benzene rings is 2. The lowest BCUT2D eigenvalue weighted by molar-refractivity contribution is 0.354. The third-order valence-electron chi connectivity index (χ3n) is 3.82. The summed E-state index contributed by atoms with van der Waals surface area (Å²) < 4.78 is 16.6. The van der Waals surface area contributed by atoms with Crippen LogP contribution in [-0.4, -0.2) is 33.1 Å². The molecule has 2 aromatic rings. The van der Waals surface area contributed by atoms with Crippen molar-refractivity contribution < 1.29 is 14.2 Å². The second kappa shape index (κ2) is 7.32. The second-order valence-electron chi connectivity index (χ2n) is 5.34. The number of rotatable bonds is 5. The van der Waals surface area contributed by atoms with Crippen molar-refractivity contribution in [3.8, 4) is 17.2 Å². The van der Waals surface area contributed by atoms with Crippen LogP contribution in [0.3, 0.4) is 0 Å². The van der Waals surface area contributed by atoms with E-state index >= 15 is 0 Å². The maximum atomic E-state index is 6.00. The van der Waals surface area contributed by atoms with Gasteiger partial charge in [0.1, 0.15) is 12.4 Å². The number of ether oxygens (including phenoxy) is 3. The number of hydrogen-bond donors (Lipinski definition) is 0. The molecular formula is C18H17Cl2NO3. The topological polar surface area (TPSA) is 40.0 Å². The summed E-state index contributed by atoms with van der Waals surface area (Å²) in [5, 5.41) is 1.07. The van der Waals surface area contributed by atoms with Gasteiger partial charge >= 0.3 is 0 Å². The summed E-state index contributed by atoms with van der Waals surface area (Å²) in [7, 11) is 3.25. The molecule has 0 radical (unpaired) electrons. The number of fused-ring (bicyclic) bond motifs is 1. The lowest BCUT2D eigenvalue weighted by Crippen LogP contribution is -2.20. The Morgan fingerprint density at radius 2 is 1.62 bits per heavy atom. The van der Waals surface area contributed by atoms with Crippen LogP contribution in [0, 0.1) is 0 Å². The fourth-order valence-electron chi connectivity index (χ4n) is 2.68. The largest absolute Gasteiger partial charge is 0.493 e. The van der Waals surface area contributed by atoms with E-state index in [4.69, 9.17) is 37.4 Å². The summed E-state index contributed by atoms with van der Waals surface area (Å²) in [4.78, 5) is 4.59. The summed E-state index contributed by atoms with van der Waals surface area (Å²) >= 11 is 12.0. The predicted molar refractivity (Wildman–Crippen MR) is 96.6 cm³/mol. The summed E-state index contributed by atoms with van der Waals surface area (Å²) in [6.45, 7) is 1.05. The first-order valence-corrected chi connectivity index (χ1v) is 8.24. The van der Waals surface area contributed by atoms with Crippen molar-refractivity contribution in [3.63, 3.8) is 0 Å². The third-order valence-corrected chi connectivity index (χ3v) is 4.25. The number of methoxy groups -OCH3 is 2. The first kappa shape index (κ1) is 16.9. The van der Waals surface area contributed by atoms with Crippen LogP contribution >= 0.6 is 23.2 Å². The molecule has 4 nitrogen and oxygen atoms in total. The van der Waals surface area contributed by atoms with E-state index in [2.05, 4.69) is 4.99 Å². The molecule has 6 heteroatoms. The summed E-state index contributed by atoms with van der Waals surface area (Å²) in [6, 6.07) is 9.07. The van der Waals surface area contributed by atoms with Gasteiger partial charge in [-0.1, -0.05) is 23.2 Å². The minimum atomic E-state index is 0.332. The molecule has 0 atom stereocenters. The number of hydrogen-bond acceptors (Lipinski definition) is 4. The Morgan fingerprint density at radius 3 is 2.29 bits per heavy atom. The molecule has 0 unspecified atom stereocenters. The summed E-state index contributed by atoms with van der Waals surface area (Å²) in [6.07, 6.45) is 0.863. The van der Waals surface area contributed by atoms with Gasteiger partial charge in [-0.15, -0.1) is 0 Å². The van der Waals surface area contributed by atoms with E-state index in [0.29, 0.717) is 28.2 Å². The molecule has 0 aromatic heterocycles. The molecule has 126 valence electrons. The monoisotopic (exact) mass is 365 g/mol. The zero-order valence-electron chi connectivity index (χ0n) is 13.4. The molecule has 0 fully saturated rings.